The van der Waals surface area contributed by atoms with Crippen molar-refractivity contribution < 1.29 is 4.74 Å². The van der Waals surface area contributed by atoms with Gasteiger partial charge in [0.25, 0.3) is 0 Å². The number of hydrogen-bond acceptors (Lipinski definition) is 1. The summed E-state index contributed by atoms with van der Waals surface area (Å²) < 4.78 is 6.46. The predicted molar refractivity (Wildman–Crippen MR) is 110 cm³/mol. The molecule has 1 nitrogen and oxygen atoms in total. The molecule has 25 heavy (non-hydrogen) atoms. The van der Waals surface area contributed by atoms with Crippen molar-refractivity contribution in [3.63, 3.8) is 0 Å². The highest BCUT2D eigenvalue weighted by molar-refractivity contribution is 5.03. The minimum Gasteiger partial charge on any atom is -0.467 e. The second kappa shape index (κ2) is 14.4. The molecule has 0 fully saturated rings. The van der Waals surface area contributed by atoms with E-state index in [0.29, 0.717) is 0 Å². The van der Waals surface area contributed by atoms with E-state index in [4.69, 9.17) is 4.74 Å². The highest BCUT2D eigenvalue weighted by atomic mass is 16.5. The van der Waals surface area contributed by atoms with Crippen LogP contribution in [0.15, 0.2) is 23.7 Å². The lowest BCUT2D eigenvalue weighted by Crippen LogP contribution is -1.97. The van der Waals surface area contributed by atoms with Gasteiger partial charge in [-0.3, -0.25) is 0 Å². The second-order valence-corrected chi connectivity index (χ2v) is 8.18. The van der Waals surface area contributed by atoms with Gasteiger partial charge in [0, 0.05) is 12.8 Å². The summed E-state index contributed by atoms with van der Waals surface area (Å²) in [6, 6.07) is 0. The Kier molecular flexibility index (Phi) is 11.9. The van der Waals surface area contributed by atoms with E-state index >= 15 is 0 Å². The van der Waals surface area contributed by atoms with Crippen molar-refractivity contribution >= 4 is 0 Å². The Hall–Kier alpha value is -0.720. The number of ether oxygens (including phenoxy) is 1. The second-order valence-electron chi connectivity index (χ2n) is 8.18. The van der Waals surface area contributed by atoms with Gasteiger partial charge in [-0.25, -0.2) is 0 Å². The largest absolute Gasteiger partial charge is 0.467 e. The molecule has 2 aliphatic carbocycles. The molecule has 0 N–H and O–H groups in total. The van der Waals surface area contributed by atoms with Crippen molar-refractivity contribution in [3.8, 4) is 0 Å². The number of hydrogen-bond donors (Lipinski definition) is 0. The molecule has 0 bridgehead atoms. The molecule has 0 unspecified atom stereocenters. The highest BCUT2D eigenvalue weighted by Crippen LogP contribution is 2.23. The lowest BCUT2D eigenvalue weighted by Gasteiger charge is -2.15. The summed E-state index contributed by atoms with van der Waals surface area (Å²) >= 11 is 0. The summed E-state index contributed by atoms with van der Waals surface area (Å²) in [5, 5.41) is 0. The average molecular weight is 347 g/mol. The van der Waals surface area contributed by atoms with Gasteiger partial charge in [0.05, 0.1) is 11.5 Å². The van der Waals surface area contributed by atoms with Gasteiger partial charge in [0.2, 0.25) is 0 Å². The summed E-state index contributed by atoms with van der Waals surface area (Å²) in [6.07, 6.45) is 31.8. The summed E-state index contributed by atoms with van der Waals surface area (Å²) in [7, 11) is 0. The summed E-state index contributed by atoms with van der Waals surface area (Å²) in [5.41, 5.74) is 0. The third kappa shape index (κ3) is 10.8. The fourth-order valence-electron chi connectivity index (χ4n) is 4.09. The number of rotatable bonds is 2. The molecule has 0 saturated carbocycles. The lowest BCUT2D eigenvalue weighted by molar-refractivity contribution is 0.266. The molecule has 0 aromatic heterocycles. The van der Waals surface area contributed by atoms with Crippen molar-refractivity contribution in [3.05, 3.63) is 23.7 Å². The summed E-state index contributed by atoms with van der Waals surface area (Å²) in [6.45, 7) is 0. The SMILES string of the molecule is C1=C(O/C2=C\CCCCCCCCCC2)CCCCCCCCCC1. The maximum absolute atomic E-state index is 6.46. The minimum atomic E-state index is 1.15. The molecule has 144 valence electrons. The molecule has 0 saturated heterocycles. The van der Waals surface area contributed by atoms with Crippen molar-refractivity contribution in [1.82, 2.24) is 0 Å². The van der Waals surface area contributed by atoms with Crippen molar-refractivity contribution in [1.29, 1.82) is 0 Å². The van der Waals surface area contributed by atoms with Crippen molar-refractivity contribution in [2.75, 3.05) is 0 Å². The van der Waals surface area contributed by atoms with Crippen LogP contribution in [0.4, 0.5) is 0 Å². The Balaban J connectivity index is 1.87. The molecule has 0 spiro atoms. The third-order valence-corrected chi connectivity index (χ3v) is 5.76. The van der Waals surface area contributed by atoms with Crippen LogP contribution in [0.25, 0.3) is 0 Å². The van der Waals surface area contributed by atoms with E-state index in [0.717, 1.165) is 12.8 Å². The van der Waals surface area contributed by atoms with E-state index in [1.54, 1.807) is 0 Å². The van der Waals surface area contributed by atoms with Crippen LogP contribution in [0.3, 0.4) is 0 Å². The molecular formula is C24H42O. The summed E-state index contributed by atoms with van der Waals surface area (Å²) in [4.78, 5) is 0. The molecule has 1 heteroatoms. The van der Waals surface area contributed by atoms with E-state index in [9.17, 15) is 0 Å². The van der Waals surface area contributed by atoms with E-state index in [-0.39, 0.29) is 0 Å². The van der Waals surface area contributed by atoms with Crippen molar-refractivity contribution in [2.45, 2.75) is 128 Å². The zero-order valence-corrected chi connectivity index (χ0v) is 16.7. The average Bonchev–Trinajstić information content (AvgIpc) is 2.59. The zero-order valence-electron chi connectivity index (χ0n) is 16.7. The third-order valence-electron chi connectivity index (χ3n) is 5.76. The van der Waals surface area contributed by atoms with Gasteiger partial charge in [-0.05, 0) is 50.7 Å². The first-order chi connectivity index (χ1) is 12.4. The topological polar surface area (TPSA) is 9.23 Å². The maximum Gasteiger partial charge on any atom is 0.0996 e. The quantitative estimate of drug-likeness (QED) is 0.486. The van der Waals surface area contributed by atoms with Crippen LogP contribution in [-0.2, 0) is 4.74 Å². The van der Waals surface area contributed by atoms with Crippen LogP contribution in [0, 0.1) is 0 Å². The Bertz CT molecular complexity index is 344. The van der Waals surface area contributed by atoms with Crippen LogP contribution < -0.4 is 0 Å². The summed E-state index contributed by atoms with van der Waals surface area (Å²) in [5.74, 6) is 2.55. The molecule has 2 rings (SSSR count). The van der Waals surface area contributed by atoms with Gasteiger partial charge in [-0.15, -0.1) is 0 Å². The fourth-order valence-corrected chi connectivity index (χ4v) is 4.09. The van der Waals surface area contributed by atoms with E-state index in [2.05, 4.69) is 12.2 Å². The number of allylic oxidation sites excluding steroid dienone is 4. The Morgan fingerprint density at radius 1 is 0.400 bits per heavy atom. The fraction of sp³-hybridized carbons (Fsp3) is 0.833. The predicted octanol–water partition coefficient (Wildman–Crippen LogP) is 8.60. The first kappa shape index (κ1) is 20.6. The van der Waals surface area contributed by atoms with Crippen LogP contribution in [-0.4, -0.2) is 0 Å². The van der Waals surface area contributed by atoms with Gasteiger partial charge in [0.1, 0.15) is 0 Å². The molecule has 2 aliphatic rings. The normalized spacial score (nSPS) is 25.8. The van der Waals surface area contributed by atoms with Crippen LogP contribution >= 0.6 is 0 Å². The molecule has 0 amide bonds. The molecule has 0 aromatic rings. The van der Waals surface area contributed by atoms with E-state index < -0.39 is 0 Å². The first-order valence-corrected chi connectivity index (χ1v) is 11.5. The highest BCUT2D eigenvalue weighted by Gasteiger charge is 2.07. The Morgan fingerprint density at radius 3 is 1.12 bits per heavy atom. The van der Waals surface area contributed by atoms with Gasteiger partial charge in [-0.2, -0.15) is 0 Å². The van der Waals surface area contributed by atoms with Crippen LogP contribution in [0.5, 0.6) is 0 Å². The molecule has 0 radical (unpaired) electrons. The monoisotopic (exact) mass is 346 g/mol. The van der Waals surface area contributed by atoms with Crippen molar-refractivity contribution in [2.24, 2.45) is 0 Å². The molecule has 0 aromatic carbocycles. The lowest BCUT2D eigenvalue weighted by atomic mass is 10.0. The molecule has 0 heterocycles. The van der Waals surface area contributed by atoms with E-state index in [1.807, 2.05) is 0 Å². The van der Waals surface area contributed by atoms with E-state index in [1.165, 1.54) is 127 Å². The molecule has 0 atom stereocenters. The maximum atomic E-state index is 6.46. The standard InChI is InChI=1S/C24H42O/c1-3-7-11-15-19-23(20-16-12-8-4-1)25-24-21-17-13-9-5-2-6-10-14-18-22-24/h19,21H,1-18,20,22H2/b23-19-,24-21?. The van der Waals surface area contributed by atoms with Gasteiger partial charge < -0.3 is 4.74 Å². The van der Waals surface area contributed by atoms with Gasteiger partial charge >= 0.3 is 0 Å². The van der Waals surface area contributed by atoms with Gasteiger partial charge in [-0.1, -0.05) is 77.0 Å². The minimum absolute atomic E-state index is 1.15. The van der Waals surface area contributed by atoms with Gasteiger partial charge in [0.15, 0.2) is 0 Å². The van der Waals surface area contributed by atoms with Crippen LogP contribution in [0.1, 0.15) is 128 Å². The first-order valence-electron chi connectivity index (χ1n) is 11.5. The Labute approximate surface area is 157 Å². The molecular weight excluding hydrogens is 304 g/mol. The smallest absolute Gasteiger partial charge is 0.0996 e. The van der Waals surface area contributed by atoms with Crippen LogP contribution in [0.2, 0.25) is 0 Å². The zero-order chi connectivity index (χ0) is 17.4. The molecule has 0 aliphatic heterocycles. The Morgan fingerprint density at radius 2 is 0.720 bits per heavy atom.